The van der Waals surface area contributed by atoms with Crippen LogP contribution in [0.2, 0.25) is 0 Å². The number of piperazine rings is 1. The van der Waals surface area contributed by atoms with Crippen molar-refractivity contribution in [2.75, 3.05) is 44.7 Å². The summed E-state index contributed by atoms with van der Waals surface area (Å²) in [7, 11) is -1.58. The number of ketones is 1. The number of nitrogens with one attached hydrogen (secondary N) is 2. The molecule has 9 heteroatoms. The van der Waals surface area contributed by atoms with E-state index in [1.54, 1.807) is 12.1 Å². The van der Waals surface area contributed by atoms with Crippen molar-refractivity contribution >= 4 is 32.4 Å². The Morgan fingerprint density at radius 2 is 1.71 bits per heavy atom. The molecule has 8 nitrogen and oxygen atoms in total. The maximum absolute atomic E-state index is 13.9. The predicted octanol–water partition coefficient (Wildman–Crippen LogP) is 3.32. The van der Waals surface area contributed by atoms with E-state index in [1.165, 1.54) is 12.1 Å². The first-order chi connectivity index (χ1) is 18.3. The maximum atomic E-state index is 13.9. The molecule has 38 heavy (non-hydrogen) atoms. The van der Waals surface area contributed by atoms with Crippen molar-refractivity contribution in [2.45, 2.75) is 17.4 Å². The van der Waals surface area contributed by atoms with Crippen molar-refractivity contribution in [3.8, 4) is 0 Å². The SMILES string of the molecule is CN1CCN(c2ccc3c(C(=O)[C@H](NCCc4ccc(S(N)(=O)=O)cc4)c4ccccc4)c[nH]c3c2)CC1. The highest BCUT2D eigenvalue weighted by atomic mass is 32.2. The van der Waals surface area contributed by atoms with Gasteiger partial charge in [-0.1, -0.05) is 48.5 Å². The average Bonchev–Trinajstić information content (AvgIpc) is 3.35. The largest absolute Gasteiger partial charge is 0.369 e. The van der Waals surface area contributed by atoms with E-state index in [1.807, 2.05) is 42.6 Å². The summed E-state index contributed by atoms with van der Waals surface area (Å²) in [5.74, 6) is -0.000583. The lowest BCUT2D eigenvalue weighted by Gasteiger charge is -2.34. The molecule has 3 aromatic carbocycles. The average molecular weight is 532 g/mol. The molecule has 4 N–H and O–H groups in total. The van der Waals surface area contributed by atoms with Crippen LogP contribution in [0, 0.1) is 0 Å². The van der Waals surface area contributed by atoms with E-state index in [0.29, 0.717) is 18.5 Å². The van der Waals surface area contributed by atoms with E-state index in [0.717, 1.165) is 53.9 Å². The zero-order valence-corrected chi connectivity index (χ0v) is 22.2. The molecule has 0 bridgehead atoms. The van der Waals surface area contributed by atoms with Crippen molar-refractivity contribution in [3.63, 3.8) is 0 Å². The van der Waals surface area contributed by atoms with Gasteiger partial charge in [0, 0.05) is 61.1 Å². The predicted molar refractivity (Wildman–Crippen MR) is 151 cm³/mol. The smallest absolute Gasteiger partial charge is 0.238 e. The minimum Gasteiger partial charge on any atom is -0.369 e. The molecular formula is C29H33N5O3S. The number of sulfonamides is 1. The summed E-state index contributed by atoms with van der Waals surface area (Å²) < 4.78 is 23.0. The van der Waals surface area contributed by atoms with Gasteiger partial charge < -0.3 is 20.1 Å². The van der Waals surface area contributed by atoms with Crippen molar-refractivity contribution < 1.29 is 13.2 Å². The number of Topliss-reactive ketones (excluding diaryl/α,β-unsaturated/α-hetero) is 1. The Bertz CT molecular complexity index is 1510. The van der Waals surface area contributed by atoms with Gasteiger partial charge in [-0.2, -0.15) is 0 Å². The Hall–Kier alpha value is -3.50. The molecule has 0 amide bonds. The van der Waals surface area contributed by atoms with Crippen LogP contribution in [0.25, 0.3) is 10.9 Å². The fraction of sp³-hybridized carbons (Fsp3) is 0.276. The molecule has 0 saturated carbocycles. The number of aromatic nitrogens is 1. The normalized spacial score (nSPS) is 15.6. The summed E-state index contributed by atoms with van der Waals surface area (Å²) in [5.41, 5.74) is 4.62. The molecule has 4 aromatic rings. The molecule has 1 aliphatic heterocycles. The van der Waals surface area contributed by atoms with Crippen LogP contribution in [0.1, 0.15) is 27.5 Å². The van der Waals surface area contributed by atoms with Gasteiger partial charge in [-0.25, -0.2) is 13.6 Å². The number of nitrogens with zero attached hydrogens (tertiary/aromatic N) is 2. The quantitative estimate of drug-likeness (QED) is 0.286. The van der Waals surface area contributed by atoms with Crippen LogP contribution in [0.15, 0.2) is 83.9 Å². The van der Waals surface area contributed by atoms with Crippen LogP contribution in [0.4, 0.5) is 5.69 Å². The van der Waals surface area contributed by atoms with Crippen molar-refractivity contribution in [1.82, 2.24) is 15.2 Å². The first-order valence-electron chi connectivity index (χ1n) is 12.8. The van der Waals surface area contributed by atoms with Crippen molar-refractivity contribution in [1.29, 1.82) is 0 Å². The lowest BCUT2D eigenvalue weighted by Crippen LogP contribution is -2.44. The van der Waals surface area contributed by atoms with Crippen LogP contribution in [-0.2, 0) is 16.4 Å². The first-order valence-corrected chi connectivity index (χ1v) is 14.3. The van der Waals surface area contributed by atoms with Gasteiger partial charge in [-0.05, 0) is 48.9 Å². The molecular weight excluding hydrogens is 498 g/mol. The zero-order valence-electron chi connectivity index (χ0n) is 21.4. The third kappa shape index (κ3) is 5.81. The Morgan fingerprint density at radius 3 is 2.39 bits per heavy atom. The van der Waals surface area contributed by atoms with E-state index in [9.17, 15) is 13.2 Å². The molecule has 1 atom stereocenters. The van der Waals surface area contributed by atoms with Crippen LogP contribution in [-0.4, -0.2) is 63.9 Å². The number of carbonyl (C=O) groups is 1. The highest BCUT2D eigenvalue weighted by molar-refractivity contribution is 7.89. The highest BCUT2D eigenvalue weighted by Crippen LogP contribution is 2.28. The number of nitrogens with two attached hydrogens (primary N) is 1. The van der Waals surface area contributed by atoms with Gasteiger partial charge in [0.2, 0.25) is 10.0 Å². The van der Waals surface area contributed by atoms with Gasteiger partial charge in [0.15, 0.2) is 5.78 Å². The second-order valence-electron chi connectivity index (χ2n) is 9.82. The summed E-state index contributed by atoms with van der Waals surface area (Å²) in [4.78, 5) is 22.0. The Labute approximate surface area is 223 Å². The molecule has 198 valence electrons. The standard InChI is InChI=1S/C29H33N5O3S/c1-33-15-17-34(18-16-33)23-9-12-25-26(20-32-27(25)19-23)29(35)28(22-5-3-2-4-6-22)31-14-13-21-7-10-24(11-8-21)38(30,36)37/h2-12,19-20,28,31-32H,13-18H2,1H3,(H2,30,36,37)/t28-/m1/s1. The molecule has 0 aliphatic carbocycles. The number of aromatic amines is 1. The van der Waals surface area contributed by atoms with Crippen LogP contribution >= 0.6 is 0 Å². The molecule has 0 spiro atoms. The van der Waals surface area contributed by atoms with Gasteiger partial charge in [-0.3, -0.25) is 4.79 Å². The van der Waals surface area contributed by atoms with E-state index in [4.69, 9.17) is 5.14 Å². The highest BCUT2D eigenvalue weighted by Gasteiger charge is 2.24. The van der Waals surface area contributed by atoms with E-state index in [2.05, 4.69) is 39.3 Å². The van der Waals surface area contributed by atoms with E-state index < -0.39 is 16.1 Å². The number of primary sulfonamides is 1. The van der Waals surface area contributed by atoms with Gasteiger partial charge >= 0.3 is 0 Å². The molecule has 1 aliphatic rings. The monoisotopic (exact) mass is 531 g/mol. The number of likely N-dealkylation sites (N-methyl/N-ethyl adjacent to an activating group) is 1. The van der Waals surface area contributed by atoms with Gasteiger partial charge in [-0.15, -0.1) is 0 Å². The van der Waals surface area contributed by atoms with Gasteiger partial charge in [0.1, 0.15) is 0 Å². The third-order valence-corrected chi connectivity index (χ3v) is 8.14. The topological polar surface area (TPSA) is 112 Å². The number of anilines is 1. The second kappa shape index (κ2) is 11.1. The number of rotatable bonds is 9. The molecule has 1 fully saturated rings. The van der Waals surface area contributed by atoms with Gasteiger partial charge in [0.05, 0.1) is 10.9 Å². The molecule has 0 unspecified atom stereocenters. The minimum atomic E-state index is -3.72. The number of hydrogen-bond donors (Lipinski definition) is 3. The number of H-pyrrole nitrogens is 1. The van der Waals surface area contributed by atoms with Crippen LogP contribution in [0.3, 0.4) is 0 Å². The molecule has 1 saturated heterocycles. The number of fused-ring (bicyclic) bond motifs is 1. The van der Waals surface area contributed by atoms with E-state index in [-0.39, 0.29) is 10.7 Å². The first kappa shape index (κ1) is 26.1. The maximum Gasteiger partial charge on any atom is 0.238 e. The number of benzene rings is 3. The third-order valence-electron chi connectivity index (χ3n) is 7.21. The van der Waals surface area contributed by atoms with Crippen LogP contribution in [0.5, 0.6) is 0 Å². The molecule has 5 rings (SSSR count). The summed E-state index contributed by atoms with van der Waals surface area (Å²) in [5, 5.41) is 9.54. The van der Waals surface area contributed by atoms with Crippen molar-refractivity contribution in [3.05, 3.63) is 95.7 Å². The zero-order chi connectivity index (χ0) is 26.7. The van der Waals surface area contributed by atoms with Crippen LogP contribution < -0.4 is 15.4 Å². The Kier molecular flexibility index (Phi) is 7.62. The lowest BCUT2D eigenvalue weighted by atomic mass is 9.96. The van der Waals surface area contributed by atoms with E-state index >= 15 is 0 Å². The summed E-state index contributed by atoms with van der Waals surface area (Å²) in [6.07, 6.45) is 2.44. The second-order valence-corrected chi connectivity index (χ2v) is 11.4. The molecule has 2 heterocycles. The lowest BCUT2D eigenvalue weighted by molar-refractivity contribution is 0.0945. The number of carbonyl (C=O) groups excluding carboxylic acids is 1. The fourth-order valence-corrected chi connectivity index (χ4v) is 5.46. The Morgan fingerprint density at radius 1 is 1.00 bits per heavy atom. The van der Waals surface area contributed by atoms with Crippen molar-refractivity contribution in [2.24, 2.45) is 5.14 Å². The molecule has 1 aromatic heterocycles. The summed E-state index contributed by atoms with van der Waals surface area (Å²) in [6.45, 7) is 4.58. The number of hydrogen-bond acceptors (Lipinski definition) is 6. The summed E-state index contributed by atoms with van der Waals surface area (Å²) >= 11 is 0. The molecule has 0 radical (unpaired) electrons. The Balaban J connectivity index is 1.34. The minimum absolute atomic E-state index is 0.000583. The van der Waals surface area contributed by atoms with Gasteiger partial charge in [0.25, 0.3) is 0 Å². The summed E-state index contributed by atoms with van der Waals surface area (Å²) in [6, 6.07) is 22.0. The fourth-order valence-electron chi connectivity index (χ4n) is 4.95.